The standard InChI is InChI=1S/C18H17N3OS/c1-13-17(14-6-4-3-5-7-14)16(12-23-13)18(22)21(2)11-15-10-19-8-9-20-15/h3-10,12H,11H2,1-2H3. The highest BCUT2D eigenvalue weighted by Crippen LogP contribution is 2.33. The second-order valence-corrected chi connectivity index (χ2v) is 6.39. The Bertz CT molecular complexity index is 800. The average molecular weight is 323 g/mol. The molecular weight excluding hydrogens is 306 g/mol. The number of carbonyl (C=O) groups is 1. The van der Waals surface area contributed by atoms with Gasteiger partial charge in [0.2, 0.25) is 0 Å². The van der Waals surface area contributed by atoms with Gasteiger partial charge in [-0.05, 0) is 12.5 Å². The number of rotatable bonds is 4. The van der Waals surface area contributed by atoms with E-state index < -0.39 is 0 Å². The molecule has 0 unspecified atom stereocenters. The quantitative estimate of drug-likeness (QED) is 0.734. The highest BCUT2D eigenvalue weighted by molar-refractivity contribution is 7.10. The summed E-state index contributed by atoms with van der Waals surface area (Å²) in [4.78, 5) is 23.9. The fourth-order valence-corrected chi connectivity index (χ4v) is 3.37. The first kappa shape index (κ1) is 15.4. The van der Waals surface area contributed by atoms with E-state index in [-0.39, 0.29) is 5.91 Å². The van der Waals surface area contributed by atoms with Gasteiger partial charge in [0.15, 0.2) is 0 Å². The van der Waals surface area contributed by atoms with Gasteiger partial charge >= 0.3 is 0 Å². The van der Waals surface area contributed by atoms with Crippen molar-refractivity contribution in [1.82, 2.24) is 14.9 Å². The lowest BCUT2D eigenvalue weighted by atomic mass is 10.0. The minimum atomic E-state index is -0.00106. The number of nitrogens with zero attached hydrogens (tertiary/aromatic N) is 3. The van der Waals surface area contributed by atoms with Gasteiger partial charge in [0.05, 0.1) is 24.0 Å². The fraction of sp³-hybridized carbons (Fsp3) is 0.167. The molecule has 5 heteroatoms. The van der Waals surface area contributed by atoms with Crippen molar-refractivity contribution >= 4 is 17.2 Å². The largest absolute Gasteiger partial charge is 0.336 e. The lowest BCUT2D eigenvalue weighted by Gasteiger charge is -2.17. The van der Waals surface area contributed by atoms with Crippen molar-refractivity contribution in [2.45, 2.75) is 13.5 Å². The van der Waals surface area contributed by atoms with Gasteiger partial charge in [-0.25, -0.2) is 0 Å². The summed E-state index contributed by atoms with van der Waals surface area (Å²) in [6.45, 7) is 2.49. The third-order valence-electron chi connectivity index (χ3n) is 3.63. The molecule has 0 N–H and O–H groups in total. The summed E-state index contributed by atoms with van der Waals surface area (Å²) in [5, 5.41) is 1.94. The number of thiophene rings is 1. The molecule has 4 nitrogen and oxygen atoms in total. The van der Waals surface area contributed by atoms with E-state index in [1.165, 1.54) is 0 Å². The van der Waals surface area contributed by atoms with Crippen molar-refractivity contribution in [1.29, 1.82) is 0 Å². The van der Waals surface area contributed by atoms with Gasteiger partial charge in [-0.1, -0.05) is 30.3 Å². The van der Waals surface area contributed by atoms with E-state index in [9.17, 15) is 4.79 Å². The van der Waals surface area contributed by atoms with Crippen LogP contribution in [0.15, 0.2) is 54.3 Å². The van der Waals surface area contributed by atoms with Gasteiger partial charge in [-0.2, -0.15) is 0 Å². The SMILES string of the molecule is Cc1scc(C(=O)N(C)Cc2cnccn2)c1-c1ccccc1. The number of hydrogen-bond acceptors (Lipinski definition) is 4. The normalized spacial score (nSPS) is 10.5. The molecule has 0 saturated heterocycles. The summed E-state index contributed by atoms with van der Waals surface area (Å²) < 4.78 is 0. The Balaban J connectivity index is 1.89. The Morgan fingerprint density at radius 1 is 1.22 bits per heavy atom. The molecule has 0 aliphatic carbocycles. The van der Waals surface area contributed by atoms with E-state index in [1.54, 1.807) is 41.9 Å². The van der Waals surface area contributed by atoms with E-state index in [0.29, 0.717) is 6.54 Å². The van der Waals surface area contributed by atoms with Crippen LogP contribution < -0.4 is 0 Å². The van der Waals surface area contributed by atoms with Crippen LogP contribution in [0.5, 0.6) is 0 Å². The first-order chi connectivity index (χ1) is 11.2. The van der Waals surface area contributed by atoms with E-state index in [2.05, 4.69) is 9.97 Å². The minimum absolute atomic E-state index is 0.00106. The smallest absolute Gasteiger partial charge is 0.255 e. The van der Waals surface area contributed by atoms with Crippen molar-refractivity contribution in [3.05, 3.63) is 70.4 Å². The predicted octanol–water partition coefficient (Wildman–Crippen LogP) is 3.79. The molecular formula is C18H17N3OS. The topological polar surface area (TPSA) is 46.1 Å². The Morgan fingerprint density at radius 2 is 2.00 bits per heavy atom. The maximum Gasteiger partial charge on any atom is 0.255 e. The van der Waals surface area contributed by atoms with Gasteiger partial charge in [-0.3, -0.25) is 14.8 Å². The molecule has 0 fully saturated rings. The van der Waals surface area contributed by atoms with Gasteiger partial charge in [0.25, 0.3) is 5.91 Å². The molecule has 116 valence electrons. The Morgan fingerprint density at radius 3 is 2.70 bits per heavy atom. The molecule has 1 amide bonds. The number of benzene rings is 1. The van der Waals surface area contributed by atoms with Crippen molar-refractivity contribution < 1.29 is 4.79 Å². The van der Waals surface area contributed by atoms with Crippen molar-refractivity contribution in [3.8, 4) is 11.1 Å². The molecule has 3 rings (SSSR count). The molecule has 0 radical (unpaired) electrons. The first-order valence-electron chi connectivity index (χ1n) is 7.30. The average Bonchev–Trinajstić information content (AvgIpc) is 2.97. The number of carbonyl (C=O) groups excluding carboxylic acids is 1. The first-order valence-corrected chi connectivity index (χ1v) is 8.18. The van der Waals surface area contributed by atoms with Crippen LogP contribution in [0.1, 0.15) is 20.9 Å². The molecule has 0 aliphatic heterocycles. The van der Waals surface area contributed by atoms with Crippen LogP contribution in [0.3, 0.4) is 0 Å². The molecule has 0 spiro atoms. The van der Waals surface area contributed by atoms with E-state index in [4.69, 9.17) is 0 Å². The van der Waals surface area contributed by atoms with E-state index >= 15 is 0 Å². The molecule has 0 atom stereocenters. The second-order valence-electron chi connectivity index (χ2n) is 5.30. The van der Waals surface area contributed by atoms with Crippen LogP contribution in [-0.2, 0) is 6.54 Å². The van der Waals surface area contributed by atoms with Crippen LogP contribution in [-0.4, -0.2) is 27.8 Å². The molecule has 3 aromatic rings. The Labute approximate surface area is 139 Å². The summed E-state index contributed by atoms with van der Waals surface area (Å²) in [6.07, 6.45) is 4.94. The number of amides is 1. The number of hydrogen-bond donors (Lipinski definition) is 0. The molecule has 2 heterocycles. The van der Waals surface area contributed by atoms with E-state index in [1.807, 2.05) is 42.6 Å². The Kier molecular flexibility index (Phi) is 4.48. The highest BCUT2D eigenvalue weighted by Gasteiger charge is 2.20. The van der Waals surface area contributed by atoms with Crippen LogP contribution in [0, 0.1) is 6.92 Å². The number of aromatic nitrogens is 2. The van der Waals surface area contributed by atoms with Crippen LogP contribution in [0.25, 0.3) is 11.1 Å². The molecule has 1 aromatic carbocycles. The summed E-state index contributed by atoms with van der Waals surface area (Å²) in [5.41, 5.74) is 3.61. The third-order valence-corrected chi connectivity index (χ3v) is 4.54. The zero-order chi connectivity index (χ0) is 16.2. The van der Waals surface area contributed by atoms with Gasteiger partial charge < -0.3 is 4.90 Å². The zero-order valence-electron chi connectivity index (χ0n) is 13.1. The molecule has 23 heavy (non-hydrogen) atoms. The zero-order valence-corrected chi connectivity index (χ0v) is 13.9. The summed E-state index contributed by atoms with van der Waals surface area (Å²) in [6, 6.07) is 10.0. The van der Waals surface area contributed by atoms with E-state index in [0.717, 1.165) is 27.3 Å². The summed E-state index contributed by atoms with van der Waals surface area (Å²) in [5.74, 6) is -0.00106. The van der Waals surface area contributed by atoms with Crippen LogP contribution >= 0.6 is 11.3 Å². The lowest BCUT2D eigenvalue weighted by molar-refractivity contribution is 0.0784. The third kappa shape index (κ3) is 3.29. The van der Waals surface area contributed by atoms with Crippen LogP contribution in [0.2, 0.25) is 0 Å². The van der Waals surface area contributed by atoms with Crippen molar-refractivity contribution in [2.24, 2.45) is 0 Å². The van der Waals surface area contributed by atoms with Gasteiger partial charge in [-0.15, -0.1) is 11.3 Å². The number of aryl methyl sites for hydroxylation is 1. The minimum Gasteiger partial charge on any atom is -0.336 e. The monoisotopic (exact) mass is 323 g/mol. The fourth-order valence-electron chi connectivity index (χ4n) is 2.51. The maximum absolute atomic E-state index is 12.8. The van der Waals surface area contributed by atoms with Crippen molar-refractivity contribution in [3.63, 3.8) is 0 Å². The summed E-state index contributed by atoms with van der Waals surface area (Å²) >= 11 is 1.60. The van der Waals surface area contributed by atoms with Crippen molar-refractivity contribution in [2.75, 3.05) is 7.05 Å². The molecule has 2 aromatic heterocycles. The second kappa shape index (κ2) is 6.71. The lowest BCUT2D eigenvalue weighted by Crippen LogP contribution is -2.26. The van der Waals surface area contributed by atoms with Gasteiger partial charge in [0.1, 0.15) is 0 Å². The Hall–Kier alpha value is -2.53. The molecule has 0 saturated carbocycles. The highest BCUT2D eigenvalue weighted by atomic mass is 32.1. The summed E-state index contributed by atoms with van der Waals surface area (Å²) in [7, 11) is 1.79. The van der Waals surface area contributed by atoms with Gasteiger partial charge in [0, 0.05) is 35.3 Å². The maximum atomic E-state index is 12.8. The molecule has 0 aliphatic rings. The van der Waals surface area contributed by atoms with Crippen LogP contribution in [0.4, 0.5) is 0 Å². The predicted molar refractivity (Wildman–Crippen MR) is 92.3 cm³/mol. The molecule has 0 bridgehead atoms.